The number of para-hydroxylation sites is 6. The summed E-state index contributed by atoms with van der Waals surface area (Å²) >= 11 is 0. The summed E-state index contributed by atoms with van der Waals surface area (Å²) < 4.78 is 15.9. The molecule has 0 amide bonds. The number of hydrogen-bond donors (Lipinski definition) is 0. The van der Waals surface area contributed by atoms with E-state index in [1.165, 1.54) is 10.9 Å². The number of benzene rings is 11. The van der Waals surface area contributed by atoms with Crippen molar-refractivity contribution in [2.24, 2.45) is 0 Å². The van der Waals surface area contributed by atoms with Gasteiger partial charge in [-0.25, -0.2) is 0 Å². The maximum Gasteiger partial charge on any atom is 0.145 e. The molecule has 5 nitrogen and oxygen atoms in total. The Bertz CT molecular complexity index is 4270. The second-order valence-corrected chi connectivity index (χ2v) is 18.1. The van der Waals surface area contributed by atoms with E-state index in [2.05, 4.69) is 263 Å². The van der Waals surface area contributed by atoms with Crippen LogP contribution in [-0.2, 0) is 0 Å². The summed E-state index contributed by atoms with van der Waals surface area (Å²) in [6.07, 6.45) is 0. The molecule has 14 rings (SSSR count). The summed E-state index contributed by atoms with van der Waals surface area (Å²) in [6, 6.07) is 92.9. The van der Waals surface area contributed by atoms with Gasteiger partial charge in [-0.05, 0) is 126 Å². The Morgan fingerprint density at radius 2 is 0.803 bits per heavy atom. The molecule has 0 atom stereocenters. The van der Waals surface area contributed by atoms with Crippen LogP contribution in [0.3, 0.4) is 0 Å². The van der Waals surface area contributed by atoms with E-state index < -0.39 is 0 Å². The highest BCUT2D eigenvalue weighted by molar-refractivity contribution is 6.27. The number of nitrogens with zero attached hydrogens (tertiary/aromatic N) is 3. The highest BCUT2D eigenvalue weighted by atomic mass is 16.3. The average Bonchev–Trinajstić information content (AvgIpc) is 4.12. The van der Waals surface area contributed by atoms with Crippen LogP contribution in [0, 0.1) is 0 Å². The van der Waals surface area contributed by atoms with Gasteiger partial charge in [0.2, 0.25) is 0 Å². The number of hydrogen-bond acceptors (Lipinski definition) is 4. The molecule has 14 aromatic rings. The van der Waals surface area contributed by atoms with Crippen LogP contribution in [0.2, 0.25) is 0 Å². The fourth-order valence-corrected chi connectivity index (χ4v) is 10.7. The molecule has 5 heteroatoms. The van der Waals surface area contributed by atoms with Crippen LogP contribution in [-0.4, -0.2) is 4.57 Å². The van der Waals surface area contributed by atoms with Gasteiger partial charge in [0, 0.05) is 72.3 Å². The molecule has 0 bridgehead atoms. The molecule has 0 aliphatic heterocycles. The molecule has 0 radical (unpaired) electrons. The lowest BCUT2D eigenvalue weighted by Gasteiger charge is -2.30. The second-order valence-electron chi connectivity index (χ2n) is 18.1. The zero-order valence-corrected chi connectivity index (χ0v) is 38.5. The van der Waals surface area contributed by atoms with Gasteiger partial charge < -0.3 is 23.2 Å². The summed E-state index contributed by atoms with van der Waals surface area (Å²) in [5.41, 5.74) is 17.2. The molecule has 3 heterocycles. The molecule has 0 N–H and O–H groups in total. The summed E-state index contributed by atoms with van der Waals surface area (Å²) in [7, 11) is 0. The van der Waals surface area contributed by atoms with E-state index in [4.69, 9.17) is 8.83 Å². The van der Waals surface area contributed by atoms with E-state index >= 15 is 0 Å². The molecule has 334 valence electrons. The van der Waals surface area contributed by atoms with Crippen molar-refractivity contribution in [1.29, 1.82) is 0 Å². The van der Waals surface area contributed by atoms with E-state index in [0.29, 0.717) is 0 Å². The van der Waals surface area contributed by atoms with Crippen molar-refractivity contribution in [2.45, 2.75) is 0 Å². The number of rotatable bonds is 9. The lowest BCUT2D eigenvalue weighted by Crippen LogP contribution is -2.13. The smallest absolute Gasteiger partial charge is 0.145 e. The summed E-state index contributed by atoms with van der Waals surface area (Å²) in [5, 5.41) is 6.61. The van der Waals surface area contributed by atoms with Gasteiger partial charge in [-0.1, -0.05) is 152 Å². The Hall–Kier alpha value is -9.58. The maximum absolute atomic E-state index is 7.16. The van der Waals surface area contributed by atoms with Gasteiger partial charge >= 0.3 is 0 Å². The molecule has 0 spiro atoms. The van der Waals surface area contributed by atoms with Crippen LogP contribution in [0.1, 0.15) is 0 Å². The highest BCUT2D eigenvalue weighted by Crippen LogP contribution is 2.49. The molecule has 0 aliphatic carbocycles. The van der Waals surface area contributed by atoms with Crippen LogP contribution < -0.4 is 9.80 Å². The van der Waals surface area contributed by atoms with E-state index in [-0.39, 0.29) is 0 Å². The van der Waals surface area contributed by atoms with Gasteiger partial charge in [0.05, 0.1) is 16.4 Å². The van der Waals surface area contributed by atoms with Crippen LogP contribution in [0.25, 0.3) is 93.6 Å². The van der Waals surface area contributed by atoms with Crippen LogP contribution in [0.5, 0.6) is 0 Å². The monoisotopic (exact) mass is 909 g/mol. The zero-order valence-electron chi connectivity index (χ0n) is 38.5. The van der Waals surface area contributed by atoms with Crippen molar-refractivity contribution >= 4 is 99.8 Å². The Morgan fingerprint density at radius 1 is 0.296 bits per heavy atom. The van der Waals surface area contributed by atoms with Gasteiger partial charge in [0.15, 0.2) is 0 Å². The number of furan rings is 2. The zero-order chi connectivity index (χ0) is 46.8. The van der Waals surface area contributed by atoms with Gasteiger partial charge in [-0.15, -0.1) is 0 Å². The van der Waals surface area contributed by atoms with Crippen LogP contribution in [0.15, 0.2) is 270 Å². The lowest BCUT2D eigenvalue weighted by atomic mass is 9.96. The van der Waals surface area contributed by atoms with Crippen molar-refractivity contribution in [1.82, 2.24) is 4.57 Å². The molecule has 0 aliphatic rings. The fourth-order valence-electron chi connectivity index (χ4n) is 10.7. The predicted octanol–water partition coefficient (Wildman–Crippen LogP) is 18.9. The van der Waals surface area contributed by atoms with E-state index in [9.17, 15) is 0 Å². The minimum atomic E-state index is 0.831. The Labute approximate surface area is 409 Å². The maximum atomic E-state index is 7.16. The number of aromatic nitrogens is 1. The van der Waals surface area contributed by atoms with Crippen molar-refractivity contribution in [3.05, 3.63) is 261 Å². The molecule has 71 heavy (non-hydrogen) atoms. The quantitative estimate of drug-likeness (QED) is 0.145. The predicted molar refractivity (Wildman–Crippen MR) is 296 cm³/mol. The Kier molecular flexibility index (Phi) is 9.46. The average molecular weight is 910 g/mol. The Balaban J connectivity index is 1.08. The normalized spacial score (nSPS) is 11.7. The topological polar surface area (TPSA) is 37.7 Å². The summed E-state index contributed by atoms with van der Waals surface area (Å²) in [4.78, 5) is 4.74. The highest BCUT2D eigenvalue weighted by Gasteiger charge is 2.26. The van der Waals surface area contributed by atoms with Crippen LogP contribution >= 0.6 is 0 Å². The van der Waals surface area contributed by atoms with Crippen molar-refractivity contribution in [2.75, 3.05) is 9.80 Å². The van der Waals surface area contributed by atoms with E-state index in [0.717, 1.165) is 117 Å². The first-order valence-electron chi connectivity index (χ1n) is 24.1. The molecule has 0 fully saturated rings. The standard InChI is InChI=1S/C66H43N3O2/c1-5-19-44(20-6-1)45-33-35-50(36-34-45)67(47-21-7-2-8-22-47)52-39-46(40-53(41-52)68(48-23-9-3-10-24-48)51-37-38-63-58(42-51)55-28-14-17-31-61(55)70-63)57-43-59-54-27-13-16-30-60(54)69(49-25-11-4-12-26-49)65(59)64-56-29-15-18-32-62(56)71-66(57)64/h1-43H. The van der Waals surface area contributed by atoms with E-state index in [1.807, 2.05) is 12.1 Å². The first-order chi connectivity index (χ1) is 35.2. The molecular formula is C66H43N3O2. The van der Waals surface area contributed by atoms with Gasteiger partial charge in [-0.2, -0.15) is 0 Å². The van der Waals surface area contributed by atoms with Crippen molar-refractivity contribution < 1.29 is 8.83 Å². The molecule has 0 unspecified atom stereocenters. The Morgan fingerprint density at radius 3 is 1.49 bits per heavy atom. The van der Waals surface area contributed by atoms with Crippen LogP contribution in [0.4, 0.5) is 34.1 Å². The van der Waals surface area contributed by atoms with Crippen molar-refractivity contribution in [3.63, 3.8) is 0 Å². The SMILES string of the molecule is c1ccc(-c2ccc(N(c3ccccc3)c3cc(-c4cc5c6ccccc6n(-c6ccccc6)c5c5c4oc4ccccc45)cc(N(c4ccccc4)c4ccc5oc6ccccc6c5c4)c3)cc2)cc1. The third kappa shape index (κ3) is 6.78. The molecular weight excluding hydrogens is 867 g/mol. The fraction of sp³-hybridized carbons (Fsp3) is 0. The molecule has 3 aromatic heterocycles. The minimum absolute atomic E-state index is 0.831. The molecule has 11 aromatic carbocycles. The molecule has 0 saturated heterocycles. The van der Waals surface area contributed by atoms with E-state index in [1.54, 1.807) is 0 Å². The third-order valence-electron chi connectivity index (χ3n) is 13.9. The lowest BCUT2D eigenvalue weighted by molar-refractivity contribution is 0.669. The van der Waals surface area contributed by atoms with Gasteiger partial charge in [-0.3, -0.25) is 0 Å². The van der Waals surface area contributed by atoms with Gasteiger partial charge in [0.25, 0.3) is 0 Å². The largest absolute Gasteiger partial charge is 0.456 e. The summed E-state index contributed by atoms with van der Waals surface area (Å²) in [6.45, 7) is 0. The van der Waals surface area contributed by atoms with Gasteiger partial charge in [0.1, 0.15) is 22.3 Å². The number of anilines is 6. The third-order valence-corrected chi connectivity index (χ3v) is 13.9. The first-order valence-corrected chi connectivity index (χ1v) is 24.1. The van der Waals surface area contributed by atoms with Crippen molar-refractivity contribution in [3.8, 4) is 27.9 Å². The first kappa shape index (κ1) is 40.5. The number of fused-ring (bicyclic) bond motifs is 10. The minimum Gasteiger partial charge on any atom is -0.456 e. The summed E-state index contributed by atoms with van der Waals surface area (Å²) in [5.74, 6) is 0. The second kappa shape index (κ2) is 16.6. The molecule has 0 saturated carbocycles.